The molecule has 0 aliphatic rings. The number of rotatable bonds is 6. The van der Waals surface area contributed by atoms with Gasteiger partial charge in [-0.1, -0.05) is 24.2 Å². The van der Waals surface area contributed by atoms with Crippen LogP contribution in [-0.2, 0) is 24.3 Å². The van der Waals surface area contributed by atoms with Crippen molar-refractivity contribution >= 4 is 5.91 Å². The average molecular weight is 356 g/mol. The Bertz CT molecular complexity index is 930. The van der Waals surface area contributed by atoms with Crippen LogP contribution in [0.1, 0.15) is 29.6 Å². The van der Waals surface area contributed by atoms with E-state index in [-0.39, 0.29) is 24.8 Å². The summed E-state index contributed by atoms with van der Waals surface area (Å²) in [6, 6.07) is 8.14. The first-order valence-corrected chi connectivity index (χ1v) is 8.48. The Morgan fingerprint density at radius 2 is 2.12 bits per heavy atom. The van der Waals surface area contributed by atoms with E-state index in [0.29, 0.717) is 23.7 Å². The number of hydrogen-bond acceptors (Lipinski definition) is 4. The molecule has 0 unspecified atom stereocenters. The zero-order valence-electron chi connectivity index (χ0n) is 15.0. The second-order valence-electron chi connectivity index (χ2n) is 6.18. The van der Waals surface area contributed by atoms with Crippen molar-refractivity contribution in [3.05, 3.63) is 58.8 Å². The number of aromatic nitrogens is 3. The number of carbonyl (C=O) groups is 1. The SMILES string of the molecule is CCc1noc(-c2c(C)cc(C)n2CC(=O)NCc2cccc(F)c2)n1. The zero-order valence-corrected chi connectivity index (χ0v) is 15.0. The first kappa shape index (κ1) is 17.8. The van der Waals surface area contributed by atoms with Crippen molar-refractivity contribution in [2.24, 2.45) is 0 Å². The van der Waals surface area contributed by atoms with E-state index < -0.39 is 0 Å². The fourth-order valence-corrected chi connectivity index (χ4v) is 2.88. The Morgan fingerprint density at radius 1 is 1.31 bits per heavy atom. The highest BCUT2D eigenvalue weighted by Gasteiger charge is 2.19. The van der Waals surface area contributed by atoms with Gasteiger partial charge in [-0.2, -0.15) is 4.98 Å². The molecule has 2 heterocycles. The molecule has 2 aromatic heterocycles. The molecule has 7 heteroatoms. The summed E-state index contributed by atoms with van der Waals surface area (Å²) in [6.07, 6.45) is 0.677. The molecule has 0 atom stereocenters. The fourth-order valence-electron chi connectivity index (χ4n) is 2.88. The van der Waals surface area contributed by atoms with Crippen LogP contribution in [0.2, 0.25) is 0 Å². The highest BCUT2D eigenvalue weighted by Crippen LogP contribution is 2.25. The Kier molecular flexibility index (Phi) is 5.16. The number of nitrogens with one attached hydrogen (secondary N) is 1. The second kappa shape index (κ2) is 7.51. The van der Waals surface area contributed by atoms with Crippen LogP contribution in [0.3, 0.4) is 0 Å². The quantitative estimate of drug-likeness (QED) is 0.736. The van der Waals surface area contributed by atoms with Crippen molar-refractivity contribution in [1.29, 1.82) is 0 Å². The standard InChI is InChI=1S/C19H21FN4O2/c1-4-16-22-19(26-23-16)18-12(2)8-13(3)24(18)11-17(25)21-10-14-6-5-7-15(20)9-14/h5-9H,4,10-11H2,1-3H3,(H,21,25). The van der Waals surface area contributed by atoms with E-state index >= 15 is 0 Å². The molecule has 1 amide bonds. The third kappa shape index (κ3) is 3.82. The molecule has 0 radical (unpaired) electrons. The molecule has 26 heavy (non-hydrogen) atoms. The smallest absolute Gasteiger partial charge is 0.274 e. The Balaban J connectivity index is 1.75. The van der Waals surface area contributed by atoms with Crippen LogP contribution in [0.4, 0.5) is 4.39 Å². The summed E-state index contributed by atoms with van der Waals surface area (Å²) < 4.78 is 20.4. The molecular weight excluding hydrogens is 335 g/mol. The number of aryl methyl sites for hydroxylation is 3. The molecule has 3 aromatic rings. The topological polar surface area (TPSA) is 73.0 Å². The lowest BCUT2D eigenvalue weighted by molar-refractivity contribution is -0.121. The Hall–Kier alpha value is -2.96. The molecule has 0 fully saturated rings. The normalized spacial score (nSPS) is 10.9. The van der Waals surface area contributed by atoms with Gasteiger partial charge in [-0.15, -0.1) is 0 Å². The van der Waals surface area contributed by atoms with Gasteiger partial charge in [0.25, 0.3) is 5.89 Å². The number of amides is 1. The zero-order chi connectivity index (χ0) is 18.7. The average Bonchev–Trinajstić information content (AvgIpc) is 3.17. The van der Waals surface area contributed by atoms with Crippen molar-refractivity contribution in [2.45, 2.75) is 40.3 Å². The van der Waals surface area contributed by atoms with Gasteiger partial charge in [0.1, 0.15) is 18.1 Å². The highest BCUT2D eigenvalue weighted by atomic mass is 19.1. The maximum absolute atomic E-state index is 13.2. The number of nitrogens with zero attached hydrogens (tertiary/aromatic N) is 3. The van der Waals surface area contributed by atoms with Gasteiger partial charge in [0.05, 0.1) is 0 Å². The minimum absolute atomic E-state index is 0.119. The third-order valence-corrected chi connectivity index (χ3v) is 4.16. The van der Waals surface area contributed by atoms with E-state index in [2.05, 4.69) is 15.5 Å². The van der Waals surface area contributed by atoms with Gasteiger partial charge < -0.3 is 14.4 Å². The van der Waals surface area contributed by atoms with E-state index in [1.807, 2.05) is 31.4 Å². The molecule has 0 aliphatic heterocycles. The Morgan fingerprint density at radius 3 is 2.81 bits per heavy atom. The van der Waals surface area contributed by atoms with Crippen molar-refractivity contribution in [3.8, 4) is 11.6 Å². The molecule has 0 aliphatic carbocycles. The molecule has 0 spiro atoms. The predicted octanol–water partition coefficient (Wildman–Crippen LogP) is 3.17. The van der Waals surface area contributed by atoms with Crippen LogP contribution >= 0.6 is 0 Å². The van der Waals surface area contributed by atoms with Crippen molar-refractivity contribution < 1.29 is 13.7 Å². The molecule has 1 N–H and O–H groups in total. The summed E-state index contributed by atoms with van der Waals surface area (Å²) in [5, 5.41) is 6.74. The first-order chi connectivity index (χ1) is 12.5. The lowest BCUT2D eigenvalue weighted by Crippen LogP contribution is -2.27. The van der Waals surface area contributed by atoms with E-state index in [1.165, 1.54) is 12.1 Å². The van der Waals surface area contributed by atoms with Gasteiger partial charge in [0.2, 0.25) is 5.91 Å². The lowest BCUT2D eigenvalue weighted by Gasteiger charge is -2.11. The molecular formula is C19H21FN4O2. The predicted molar refractivity (Wildman–Crippen MR) is 94.8 cm³/mol. The number of halogens is 1. The van der Waals surface area contributed by atoms with Crippen LogP contribution in [0.25, 0.3) is 11.6 Å². The number of hydrogen-bond donors (Lipinski definition) is 1. The Labute approximate surface area is 151 Å². The molecule has 0 bridgehead atoms. The van der Waals surface area contributed by atoms with Crippen molar-refractivity contribution in [3.63, 3.8) is 0 Å². The van der Waals surface area contributed by atoms with Crippen LogP contribution < -0.4 is 5.32 Å². The van der Waals surface area contributed by atoms with Gasteiger partial charge in [-0.05, 0) is 43.2 Å². The van der Waals surface area contributed by atoms with Gasteiger partial charge >= 0.3 is 0 Å². The molecule has 3 rings (SSSR count). The summed E-state index contributed by atoms with van der Waals surface area (Å²) in [5.74, 6) is 0.536. The summed E-state index contributed by atoms with van der Waals surface area (Å²) in [7, 11) is 0. The minimum Gasteiger partial charge on any atom is -0.350 e. The molecule has 0 saturated heterocycles. The largest absolute Gasteiger partial charge is 0.350 e. The summed E-state index contributed by atoms with van der Waals surface area (Å²) in [6.45, 7) is 6.21. The van der Waals surface area contributed by atoms with E-state index in [4.69, 9.17) is 4.52 Å². The summed E-state index contributed by atoms with van der Waals surface area (Å²) in [5.41, 5.74) is 3.35. The lowest BCUT2D eigenvalue weighted by atomic mass is 10.2. The van der Waals surface area contributed by atoms with Crippen LogP contribution in [0.15, 0.2) is 34.9 Å². The molecule has 6 nitrogen and oxygen atoms in total. The maximum atomic E-state index is 13.2. The minimum atomic E-state index is -0.320. The number of carbonyl (C=O) groups excluding carboxylic acids is 1. The number of benzene rings is 1. The monoisotopic (exact) mass is 356 g/mol. The van der Waals surface area contributed by atoms with Gasteiger partial charge in [0.15, 0.2) is 5.82 Å². The summed E-state index contributed by atoms with van der Waals surface area (Å²) in [4.78, 5) is 16.8. The highest BCUT2D eigenvalue weighted by molar-refractivity contribution is 5.77. The fraction of sp³-hybridized carbons (Fsp3) is 0.316. The molecule has 1 aromatic carbocycles. The van der Waals surface area contributed by atoms with E-state index in [1.54, 1.807) is 12.1 Å². The first-order valence-electron chi connectivity index (χ1n) is 8.48. The third-order valence-electron chi connectivity index (χ3n) is 4.16. The maximum Gasteiger partial charge on any atom is 0.274 e. The van der Waals surface area contributed by atoms with Gasteiger partial charge in [-0.25, -0.2) is 4.39 Å². The van der Waals surface area contributed by atoms with Crippen molar-refractivity contribution in [1.82, 2.24) is 20.0 Å². The molecule has 0 saturated carbocycles. The van der Waals surface area contributed by atoms with Crippen LogP contribution in [0.5, 0.6) is 0 Å². The van der Waals surface area contributed by atoms with Crippen LogP contribution in [-0.4, -0.2) is 20.6 Å². The van der Waals surface area contributed by atoms with Crippen LogP contribution in [0, 0.1) is 19.7 Å². The van der Waals surface area contributed by atoms with E-state index in [0.717, 1.165) is 17.0 Å². The van der Waals surface area contributed by atoms with Gasteiger partial charge in [-0.3, -0.25) is 4.79 Å². The second-order valence-corrected chi connectivity index (χ2v) is 6.18. The van der Waals surface area contributed by atoms with Crippen molar-refractivity contribution in [2.75, 3.05) is 0 Å². The van der Waals surface area contributed by atoms with Gasteiger partial charge in [0, 0.05) is 18.7 Å². The summed E-state index contributed by atoms with van der Waals surface area (Å²) >= 11 is 0. The van der Waals surface area contributed by atoms with E-state index in [9.17, 15) is 9.18 Å². The molecule has 136 valence electrons.